The summed E-state index contributed by atoms with van der Waals surface area (Å²) in [5.41, 5.74) is 6.81. The number of nitrogens with two attached hydrogens (primary N) is 1. The Morgan fingerprint density at radius 3 is 2.68 bits per heavy atom. The van der Waals surface area contributed by atoms with E-state index in [9.17, 15) is 14.0 Å². The van der Waals surface area contributed by atoms with Crippen molar-refractivity contribution < 1.29 is 18.7 Å². The average Bonchev–Trinajstić information content (AvgIpc) is 3.20. The Bertz CT molecular complexity index is 1090. The molecule has 1 aromatic heterocycles. The van der Waals surface area contributed by atoms with Crippen LogP contribution in [-0.2, 0) is 0 Å². The van der Waals surface area contributed by atoms with Crippen molar-refractivity contribution in [1.29, 1.82) is 0 Å². The molecule has 4 rings (SSSR count). The van der Waals surface area contributed by atoms with Crippen LogP contribution in [0.5, 0.6) is 5.75 Å². The van der Waals surface area contributed by atoms with Gasteiger partial charge in [0.15, 0.2) is 5.78 Å². The van der Waals surface area contributed by atoms with Crippen LogP contribution in [0.3, 0.4) is 0 Å². The van der Waals surface area contributed by atoms with Crippen LogP contribution in [0.15, 0.2) is 48.5 Å². The second kappa shape index (κ2) is 9.36. The van der Waals surface area contributed by atoms with E-state index in [1.165, 1.54) is 23.5 Å². The van der Waals surface area contributed by atoms with Crippen molar-refractivity contribution in [2.24, 2.45) is 5.73 Å². The van der Waals surface area contributed by atoms with E-state index in [1.54, 1.807) is 36.8 Å². The number of thiazole rings is 1. The molecule has 0 aliphatic carbocycles. The molecule has 1 radical (unpaired) electrons. The Morgan fingerprint density at radius 2 is 1.97 bits per heavy atom. The summed E-state index contributed by atoms with van der Waals surface area (Å²) in [7, 11) is 0. The number of hydrogen-bond acceptors (Lipinski definition) is 6. The van der Waals surface area contributed by atoms with Gasteiger partial charge in [0, 0.05) is 11.6 Å². The predicted octanol–water partition coefficient (Wildman–Crippen LogP) is 4.60. The number of nitrogens with one attached hydrogen (secondary N) is 1. The number of rotatable bonds is 6. The number of primary amides is 1. The zero-order chi connectivity index (χ0) is 21.8. The molecule has 1 amide bonds. The number of benzene rings is 2. The van der Waals surface area contributed by atoms with E-state index in [0.29, 0.717) is 26.7 Å². The zero-order valence-electron chi connectivity index (χ0n) is 16.6. The highest BCUT2D eigenvalue weighted by molar-refractivity contribution is 7.18. The number of piperidine rings is 1. The van der Waals surface area contributed by atoms with E-state index in [2.05, 4.69) is 10.3 Å². The molecule has 1 aliphatic heterocycles. The molecule has 0 saturated carbocycles. The number of amides is 1. The van der Waals surface area contributed by atoms with Crippen LogP contribution in [0.4, 0.5) is 9.18 Å². The highest BCUT2D eigenvalue weighted by Crippen LogP contribution is 2.37. The first kappa shape index (κ1) is 21.1. The Hall–Kier alpha value is -3.10. The lowest BCUT2D eigenvalue weighted by Crippen LogP contribution is -2.36. The number of carbonyl (C=O) groups excluding carboxylic acids is 2. The van der Waals surface area contributed by atoms with E-state index >= 15 is 0 Å². The second-order valence-electron chi connectivity index (χ2n) is 7.24. The smallest absolute Gasteiger partial charge is 0.409 e. The Morgan fingerprint density at radius 1 is 1.16 bits per heavy atom. The fourth-order valence-electron chi connectivity index (χ4n) is 3.50. The summed E-state index contributed by atoms with van der Waals surface area (Å²) in [6, 6.07) is 12.8. The number of ether oxygens (including phenoxy) is 1. The quantitative estimate of drug-likeness (QED) is 0.549. The molecule has 1 saturated heterocycles. The minimum Gasteiger partial charge on any atom is -0.410 e. The van der Waals surface area contributed by atoms with E-state index < -0.39 is 6.09 Å². The molecule has 31 heavy (non-hydrogen) atoms. The average molecular weight is 439 g/mol. The number of aromatic nitrogens is 1. The lowest BCUT2D eigenvalue weighted by molar-refractivity contribution is 0.101. The van der Waals surface area contributed by atoms with Gasteiger partial charge < -0.3 is 15.8 Å². The van der Waals surface area contributed by atoms with Gasteiger partial charge in [-0.15, -0.1) is 11.3 Å². The van der Waals surface area contributed by atoms with Gasteiger partial charge in [-0.2, -0.15) is 0 Å². The van der Waals surface area contributed by atoms with Crippen molar-refractivity contribution in [3.8, 4) is 26.8 Å². The van der Waals surface area contributed by atoms with Crippen LogP contribution < -0.4 is 15.8 Å². The van der Waals surface area contributed by atoms with Gasteiger partial charge in [-0.05, 0) is 49.2 Å². The number of ketones is 1. The SMILES string of the molecule is NC(=O)Oc1cccc(-c2nc(C(=O)[CH]C3CCCCN3)c(-c3ccc(F)cc3)s2)c1. The molecule has 2 heterocycles. The number of carbonyl (C=O) groups is 2. The number of Topliss-reactive ketones (excluding diaryl/α,β-unsaturated/α-hetero) is 1. The van der Waals surface area contributed by atoms with Crippen LogP contribution in [-0.4, -0.2) is 29.4 Å². The first-order valence-electron chi connectivity index (χ1n) is 9.96. The van der Waals surface area contributed by atoms with Crippen LogP contribution in [0, 0.1) is 12.2 Å². The van der Waals surface area contributed by atoms with Gasteiger partial charge in [0.25, 0.3) is 0 Å². The van der Waals surface area contributed by atoms with Crippen molar-refractivity contribution in [2.75, 3.05) is 6.54 Å². The van der Waals surface area contributed by atoms with Crippen molar-refractivity contribution in [3.63, 3.8) is 0 Å². The molecule has 159 valence electrons. The molecule has 1 fully saturated rings. The zero-order valence-corrected chi connectivity index (χ0v) is 17.5. The molecule has 3 aromatic rings. The van der Waals surface area contributed by atoms with Crippen LogP contribution in [0.2, 0.25) is 0 Å². The third kappa shape index (κ3) is 5.15. The third-order valence-corrected chi connectivity index (χ3v) is 6.12. The molecule has 8 heteroatoms. The molecule has 2 aromatic carbocycles. The van der Waals surface area contributed by atoms with E-state index in [0.717, 1.165) is 25.8 Å². The van der Waals surface area contributed by atoms with Crippen molar-refractivity contribution in [1.82, 2.24) is 10.3 Å². The predicted molar refractivity (Wildman–Crippen MR) is 117 cm³/mol. The van der Waals surface area contributed by atoms with Crippen LogP contribution in [0.25, 0.3) is 21.0 Å². The fourth-order valence-corrected chi connectivity index (χ4v) is 4.57. The van der Waals surface area contributed by atoms with Gasteiger partial charge in [-0.3, -0.25) is 4.79 Å². The van der Waals surface area contributed by atoms with Gasteiger partial charge in [0.05, 0.1) is 11.3 Å². The highest BCUT2D eigenvalue weighted by atomic mass is 32.1. The Kier molecular flexibility index (Phi) is 6.39. The standard InChI is InChI=1S/C23H21FN3O3S/c24-16-9-7-14(8-10-16)21-20(19(28)13-17-5-1-2-11-26-17)27-22(31-21)15-4-3-6-18(12-15)30-23(25)29/h3-4,6-10,12-13,17,26H,1-2,5,11H2,(H2,25,29). The summed E-state index contributed by atoms with van der Waals surface area (Å²) >= 11 is 1.32. The summed E-state index contributed by atoms with van der Waals surface area (Å²) in [6.45, 7) is 0.883. The largest absolute Gasteiger partial charge is 0.410 e. The maximum Gasteiger partial charge on any atom is 0.409 e. The minimum atomic E-state index is -0.909. The number of halogens is 1. The number of hydrogen-bond donors (Lipinski definition) is 2. The first-order valence-corrected chi connectivity index (χ1v) is 10.8. The lowest BCUT2D eigenvalue weighted by Gasteiger charge is -2.22. The highest BCUT2D eigenvalue weighted by Gasteiger charge is 2.24. The van der Waals surface area contributed by atoms with Crippen molar-refractivity contribution >= 4 is 23.2 Å². The van der Waals surface area contributed by atoms with Gasteiger partial charge in [-0.25, -0.2) is 14.2 Å². The third-order valence-electron chi connectivity index (χ3n) is 4.97. The number of nitrogens with zero attached hydrogens (tertiary/aromatic N) is 1. The van der Waals surface area contributed by atoms with Gasteiger partial charge in [0.2, 0.25) is 0 Å². The molecule has 1 atom stereocenters. The lowest BCUT2D eigenvalue weighted by atomic mass is 9.98. The summed E-state index contributed by atoms with van der Waals surface area (Å²) in [5.74, 6) is -0.240. The maximum atomic E-state index is 13.4. The van der Waals surface area contributed by atoms with Crippen LogP contribution in [0.1, 0.15) is 29.8 Å². The normalized spacial score (nSPS) is 16.1. The maximum absolute atomic E-state index is 13.4. The first-order chi connectivity index (χ1) is 15.0. The molecule has 0 bridgehead atoms. The summed E-state index contributed by atoms with van der Waals surface area (Å²) in [6.07, 6.45) is 3.85. The monoisotopic (exact) mass is 438 g/mol. The Balaban J connectivity index is 1.70. The van der Waals surface area contributed by atoms with Crippen molar-refractivity contribution in [2.45, 2.75) is 25.3 Å². The van der Waals surface area contributed by atoms with Crippen molar-refractivity contribution in [3.05, 3.63) is 66.5 Å². The van der Waals surface area contributed by atoms with Crippen LogP contribution >= 0.6 is 11.3 Å². The molecule has 1 unspecified atom stereocenters. The van der Waals surface area contributed by atoms with Gasteiger partial charge in [-0.1, -0.05) is 30.7 Å². The fraction of sp³-hybridized carbons (Fsp3) is 0.217. The molecule has 1 aliphatic rings. The van der Waals surface area contributed by atoms with Gasteiger partial charge >= 0.3 is 6.09 Å². The second-order valence-corrected chi connectivity index (χ2v) is 8.24. The molecule has 6 nitrogen and oxygen atoms in total. The Labute approximate surface area is 183 Å². The van der Waals surface area contributed by atoms with E-state index in [4.69, 9.17) is 10.5 Å². The summed E-state index contributed by atoms with van der Waals surface area (Å²) in [4.78, 5) is 29.5. The molecule has 3 N–H and O–H groups in total. The summed E-state index contributed by atoms with van der Waals surface area (Å²) in [5, 5.41) is 3.93. The van der Waals surface area contributed by atoms with Gasteiger partial charge in [0.1, 0.15) is 22.3 Å². The minimum absolute atomic E-state index is 0.0137. The molecule has 0 spiro atoms. The molecular formula is C23H21FN3O3S. The van der Waals surface area contributed by atoms with E-state index in [-0.39, 0.29) is 23.4 Å². The molecular weight excluding hydrogens is 417 g/mol. The van der Waals surface area contributed by atoms with E-state index in [1.807, 2.05) is 6.07 Å². The summed E-state index contributed by atoms with van der Waals surface area (Å²) < 4.78 is 18.4. The topological polar surface area (TPSA) is 94.3 Å².